The van der Waals surface area contributed by atoms with E-state index in [1.807, 2.05) is 0 Å². The molecule has 1 heterocycles. The molecule has 0 aliphatic carbocycles. The van der Waals surface area contributed by atoms with E-state index < -0.39 is 24.0 Å². The first kappa shape index (κ1) is 22.5. The molecule has 2 N–H and O–H groups in total. The highest BCUT2D eigenvalue weighted by Crippen LogP contribution is 2.19. The van der Waals surface area contributed by atoms with E-state index >= 15 is 0 Å². The Morgan fingerprint density at radius 1 is 1.46 bits per heavy atom. The number of ether oxygens (including phenoxy) is 1. The van der Waals surface area contributed by atoms with Crippen LogP contribution >= 0.6 is 23.4 Å². The molecule has 1 fully saturated rings. The normalized spacial score (nSPS) is 17.9. The third-order valence-corrected chi connectivity index (χ3v) is 5.49. The molecule has 1 aromatic carbocycles. The number of carbonyl (C=O) groups is 2. The zero-order valence-electron chi connectivity index (χ0n) is 15.2. The second-order valence-electron chi connectivity index (χ2n) is 6.35. The van der Waals surface area contributed by atoms with Gasteiger partial charge in [0.15, 0.2) is 0 Å². The van der Waals surface area contributed by atoms with Crippen molar-refractivity contribution in [3.8, 4) is 0 Å². The number of thioether (sulfide) groups is 1. The molecular weight excluding hydrogens is 409 g/mol. The molecule has 0 bridgehead atoms. The minimum Gasteiger partial charge on any atom is -0.481 e. The Morgan fingerprint density at radius 2 is 2.25 bits per heavy atom. The Kier molecular flexibility index (Phi) is 9.08. The van der Waals surface area contributed by atoms with Gasteiger partial charge < -0.3 is 14.9 Å². The molecule has 1 amide bonds. The fraction of sp³-hybridized carbons (Fsp3) is 0.474. The van der Waals surface area contributed by atoms with Crippen LogP contribution < -0.4 is 0 Å². The second-order valence-corrected chi connectivity index (χ2v) is 7.98. The maximum Gasteiger partial charge on any atom is 0.410 e. The van der Waals surface area contributed by atoms with E-state index in [0.29, 0.717) is 30.0 Å². The Balaban J connectivity index is 1.79. The highest BCUT2D eigenvalue weighted by atomic mass is 35.5. The van der Waals surface area contributed by atoms with Gasteiger partial charge in [0.05, 0.1) is 17.2 Å². The Bertz CT molecular complexity index is 718. The molecule has 0 aromatic heterocycles. The average molecular weight is 432 g/mol. The number of hydrogen-bond acceptors (Lipinski definition) is 5. The zero-order valence-corrected chi connectivity index (χ0v) is 16.8. The van der Waals surface area contributed by atoms with Crippen LogP contribution in [0.2, 0.25) is 5.02 Å². The highest BCUT2D eigenvalue weighted by Gasteiger charge is 2.30. The van der Waals surface area contributed by atoms with Crippen LogP contribution in [0, 0.1) is 5.82 Å². The summed E-state index contributed by atoms with van der Waals surface area (Å²) in [5.41, 5.74) is 0.705. The summed E-state index contributed by atoms with van der Waals surface area (Å²) in [5.74, 6) is 0.0774. The van der Waals surface area contributed by atoms with E-state index in [4.69, 9.17) is 21.4 Å². The number of rotatable bonds is 11. The number of cyclic esters (lactones) is 1. The Labute approximate surface area is 172 Å². The number of aliphatic hydroxyl groups excluding tert-OH is 1. The summed E-state index contributed by atoms with van der Waals surface area (Å²) >= 11 is 7.33. The number of carbonyl (C=O) groups excluding carboxylic acids is 1. The van der Waals surface area contributed by atoms with Gasteiger partial charge in [-0.3, -0.25) is 9.69 Å². The molecule has 0 saturated carbocycles. The summed E-state index contributed by atoms with van der Waals surface area (Å²) in [5, 5.41) is 18.8. The van der Waals surface area contributed by atoms with Gasteiger partial charge in [-0.05, 0) is 29.9 Å². The minimum absolute atomic E-state index is 0.00972. The summed E-state index contributed by atoms with van der Waals surface area (Å²) in [4.78, 5) is 23.9. The van der Waals surface area contributed by atoms with Crippen LogP contribution in [0.5, 0.6) is 0 Å². The SMILES string of the molecule is O=C(O)CCCSCCN1C(=O)OC[C@@H]1/C=C/[C@@H](O)Cc1ccc(F)c(Cl)c1. The van der Waals surface area contributed by atoms with Crippen molar-refractivity contribution in [2.75, 3.05) is 24.7 Å². The molecule has 1 aliphatic rings. The molecule has 6 nitrogen and oxygen atoms in total. The largest absolute Gasteiger partial charge is 0.481 e. The number of benzene rings is 1. The molecule has 0 unspecified atom stereocenters. The predicted octanol–water partition coefficient (Wildman–Crippen LogP) is 3.36. The van der Waals surface area contributed by atoms with Crippen molar-refractivity contribution in [3.05, 3.63) is 46.8 Å². The van der Waals surface area contributed by atoms with Gasteiger partial charge in [-0.1, -0.05) is 29.8 Å². The zero-order chi connectivity index (χ0) is 20.5. The molecule has 28 heavy (non-hydrogen) atoms. The van der Waals surface area contributed by atoms with Gasteiger partial charge in [0, 0.05) is 25.1 Å². The van der Waals surface area contributed by atoms with Gasteiger partial charge in [-0.15, -0.1) is 0 Å². The fourth-order valence-electron chi connectivity index (χ4n) is 2.70. The lowest BCUT2D eigenvalue weighted by molar-refractivity contribution is -0.137. The van der Waals surface area contributed by atoms with Gasteiger partial charge in [0.1, 0.15) is 12.4 Å². The molecular formula is C19H23ClFNO5S. The van der Waals surface area contributed by atoms with Crippen molar-refractivity contribution in [2.45, 2.75) is 31.4 Å². The van der Waals surface area contributed by atoms with Crippen molar-refractivity contribution >= 4 is 35.4 Å². The molecule has 1 aliphatic heterocycles. The van der Waals surface area contributed by atoms with Crippen LogP contribution in [0.25, 0.3) is 0 Å². The average Bonchev–Trinajstić information content (AvgIpc) is 2.99. The number of aliphatic hydroxyl groups is 1. The minimum atomic E-state index is -0.810. The van der Waals surface area contributed by atoms with Gasteiger partial charge in [0.2, 0.25) is 0 Å². The standard InChI is InChI=1S/C19H23ClFNO5S/c20-16-11-13(3-6-17(16)21)10-15(23)5-4-14-12-27-19(26)22(14)7-9-28-8-1-2-18(24)25/h3-6,11,14-15,23H,1-2,7-10,12H2,(H,24,25)/b5-4+/t14-,15+/m0/s1. The monoisotopic (exact) mass is 431 g/mol. The number of carboxylic acids is 1. The third-order valence-electron chi connectivity index (χ3n) is 4.15. The van der Waals surface area contributed by atoms with Gasteiger partial charge >= 0.3 is 12.1 Å². The van der Waals surface area contributed by atoms with E-state index in [0.717, 1.165) is 0 Å². The first-order valence-corrected chi connectivity index (χ1v) is 10.4. The molecule has 1 aromatic rings. The Morgan fingerprint density at radius 3 is 2.96 bits per heavy atom. The molecule has 0 radical (unpaired) electrons. The van der Waals surface area contributed by atoms with Crippen LogP contribution in [0.1, 0.15) is 18.4 Å². The maximum absolute atomic E-state index is 13.2. The second kappa shape index (κ2) is 11.3. The van der Waals surface area contributed by atoms with Crippen LogP contribution in [0.4, 0.5) is 9.18 Å². The molecule has 154 valence electrons. The molecule has 2 atom stereocenters. The van der Waals surface area contributed by atoms with Gasteiger partial charge in [0.25, 0.3) is 0 Å². The van der Waals surface area contributed by atoms with Crippen molar-refractivity contribution in [3.63, 3.8) is 0 Å². The summed E-state index contributed by atoms with van der Waals surface area (Å²) in [6.45, 7) is 0.698. The number of nitrogens with zero attached hydrogens (tertiary/aromatic N) is 1. The quantitative estimate of drug-likeness (QED) is 0.412. The fourth-order valence-corrected chi connectivity index (χ4v) is 3.79. The smallest absolute Gasteiger partial charge is 0.410 e. The first-order valence-electron chi connectivity index (χ1n) is 8.90. The number of aliphatic carboxylic acids is 1. The topological polar surface area (TPSA) is 87.1 Å². The molecule has 1 saturated heterocycles. The summed E-state index contributed by atoms with van der Waals surface area (Å²) < 4.78 is 18.3. The summed E-state index contributed by atoms with van der Waals surface area (Å²) in [7, 11) is 0. The lowest BCUT2D eigenvalue weighted by Gasteiger charge is -2.18. The van der Waals surface area contributed by atoms with Gasteiger partial charge in [-0.25, -0.2) is 9.18 Å². The van der Waals surface area contributed by atoms with Crippen molar-refractivity contribution < 1.29 is 28.9 Å². The van der Waals surface area contributed by atoms with E-state index in [-0.39, 0.29) is 30.5 Å². The summed E-state index contributed by atoms with van der Waals surface area (Å²) in [6, 6.07) is 4.03. The molecule has 2 rings (SSSR count). The van der Waals surface area contributed by atoms with E-state index in [1.54, 1.807) is 34.9 Å². The van der Waals surface area contributed by atoms with Gasteiger partial charge in [-0.2, -0.15) is 11.8 Å². The van der Waals surface area contributed by atoms with Crippen LogP contribution in [-0.2, 0) is 16.0 Å². The first-order chi connectivity index (χ1) is 13.4. The molecule has 0 spiro atoms. The van der Waals surface area contributed by atoms with E-state index in [1.165, 1.54) is 12.1 Å². The lowest BCUT2D eigenvalue weighted by atomic mass is 10.1. The number of halogens is 2. The van der Waals surface area contributed by atoms with Crippen molar-refractivity contribution in [2.24, 2.45) is 0 Å². The molecule has 9 heteroatoms. The maximum atomic E-state index is 13.2. The third kappa shape index (κ3) is 7.33. The number of carboxylic acid groups (broad SMARTS) is 1. The highest BCUT2D eigenvalue weighted by molar-refractivity contribution is 7.99. The van der Waals surface area contributed by atoms with Crippen molar-refractivity contribution in [1.82, 2.24) is 4.90 Å². The Hall–Kier alpha value is -1.77. The summed E-state index contributed by atoms with van der Waals surface area (Å²) in [6.07, 6.45) is 3.13. The lowest BCUT2D eigenvalue weighted by Crippen LogP contribution is -2.34. The van der Waals surface area contributed by atoms with E-state index in [2.05, 4.69) is 0 Å². The number of amides is 1. The van der Waals surface area contributed by atoms with Crippen molar-refractivity contribution in [1.29, 1.82) is 0 Å². The van der Waals surface area contributed by atoms with E-state index in [9.17, 15) is 19.1 Å². The van der Waals surface area contributed by atoms with Crippen LogP contribution in [-0.4, -0.2) is 64.0 Å². The van der Waals surface area contributed by atoms with Crippen LogP contribution in [0.3, 0.4) is 0 Å². The predicted molar refractivity (Wildman–Crippen MR) is 106 cm³/mol. The van der Waals surface area contributed by atoms with Crippen LogP contribution in [0.15, 0.2) is 30.4 Å². The number of hydrogen-bond donors (Lipinski definition) is 2.